The number of urea groups is 1. The average molecular weight is 300 g/mol. The molecule has 0 unspecified atom stereocenters. The van der Waals surface area contributed by atoms with Crippen LogP contribution in [0.3, 0.4) is 0 Å². The number of hydrogen-bond donors (Lipinski definition) is 1. The molecule has 0 saturated carbocycles. The van der Waals surface area contributed by atoms with Crippen molar-refractivity contribution < 1.29 is 9.53 Å². The first-order chi connectivity index (χ1) is 10.8. The van der Waals surface area contributed by atoms with Crippen LogP contribution >= 0.6 is 0 Å². The lowest BCUT2D eigenvalue weighted by Gasteiger charge is -2.32. The molecule has 1 fully saturated rings. The maximum atomic E-state index is 12.5. The van der Waals surface area contributed by atoms with Crippen molar-refractivity contribution in [3.05, 3.63) is 42.7 Å². The van der Waals surface area contributed by atoms with Crippen LogP contribution in [0.25, 0.3) is 5.69 Å². The molecule has 2 aromatic rings. The molecular weight excluding hydrogens is 280 g/mol. The van der Waals surface area contributed by atoms with E-state index in [0.29, 0.717) is 19.7 Å². The molecule has 2 amide bonds. The third kappa shape index (κ3) is 3.12. The highest BCUT2D eigenvalue weighted by Crippen LogP contribution is 2.20. The van der Waals surface area contributed by atoms with Gasteiger partial charge in [-0.3, -0.25) is 0 Å². The third-order valence-electron chi connectivity index (χ3n) is 3.78. The molecule has 22 heavy (non-hydrogen) atoms. The van der Waals surface area contributed by atoms with Gasteiger partial charge < -0.3 is 15.0 Å². The number of para-hydroxylation sites is 2. The van der Waals surface area contributed by atoms with E-state index in [1.807, 2.05) is 36.5 Å². The fraction of sp³-hybridized carbons (Fsp3) is 0.375. The summed E-state index contributed by atoms with van der Waals surface area (Å²) in [5, 5.41) is 7.21. The number of carbonyl (C=O) groups is 1. The van der Waals surface area contributed by atoms with Gasteiger partial charge in [-0.25, -0.2) is 9.48 Å². The first kappa shape index (κ1) is 14.6. The maximum Gasteiger partial charge on any atom is 0.322 e. The van der Waals surface area contributed by atoms with Gasteiger partial charge in [0.05, 0.1) is 24.1 Å². The van der Waals surface area contributed by atoms with Crippen molar-refractivity contribution in [3.8, 4) is 5.69 Å². The second-order valence-corrected chi connectivity index (χ2v) is 5.24. The number of hydrogen-bond acceptors (Lipinski definition) is 3. The minimum atomic E-state index is -0.0960. The molecule has 3 rings (SSSR count). The minimum Gasteiger partial charge on any atom is -0.375 e. The molecule has 0 radical (unpaired) electrons. The lowest BCUT2D eigenvalue weighted by molar-refractivity contribution is -0.0134. The Morgan fingerprint density at radius 2 is 2.27 bits per heavy atom. The normalized spacial score (nSPS) is 18.2. The van der Waals surface area contributed by atoms with Gasteiger partial charge in [-0.15, -0.1) is 0 Å². The van der Waals surface area contributed by atoms with E-state index < -0.39 is 0 Å². The zero-order chi connectivity index (χ0) is 15.4. The summed E-state index contributed by atoms with van der Waals surface area (Å²) in [6, 6.07) is 9.39. The van der Waals surface area contributed by atoms with Gasteiger partial charge in [0.25, 0.3) is 0 Å². The topological polar surface area (TPSA) is 59.4 Å². The van der Waals surface area contributed by atoms with E-state index in [-0.39, 0.29) is 12.1 Å². The molecule has 0 aliphatic carbocycles. The van der Waals surface area contributed by atoms with Crippen LogP contribution in [0, 0.1) is 0 Å². The van der Waals surface area contributed by atoms with E-state index in [1.54, 1.807) is 15.8 Å². The summed E-state index contributed by atoms with van der Waals surface area (Å²) < 4.78 is 7.34. The molecule has 1 aliphatic heterocycles. The van der Waals surface area contributed by atoms with E-state index in [4.69, 9.17) is 4.74 Å². The summed E-state index contributed by atoms with van der Waals surface area (Å²) in [5.74, 6) is 0. The van der Waals surface area contributed by atoms with Crippen LogP contribution in [0.2, 0.25) is 0 Å². The number of nitrogens with one attached hydrogen (secondary N) is 1. The fourth-order valence-electron chi connectivity index (χ4n) is 2.54. The molecule has 0 bridgehead atoms. The van der Waals surface area contributed by atoms with Crippen molar-refractivity contribution >= 4 is 11.7 Å². The summed E-state index contributed by atoms with van der Waals surface area (Å²) in [5.41, 5.74) is 1.59. The van der Waals surface area contributed by atoms with Crippen molar-refractivity contribution in [2.45, 2.75) is 19.4 Å². The Morgan fingerprint density at radius 3 is 3.05 bits per heavy atom. The molecule has 1 N–H and O–H groups in total. The number of ether oxygens (including phenoxy) is 1. The molecule has 1 saturated heterocycles. The zero-order valence-corrected chi connectivity index (χ0v) is 12.6. The van der Waals surface area contributed by atoms with Crippen molar-refractivity contribution in [2.75, 3.05) is 25.0 Å². The molecule has 1 aromatic carbocycles. The number of nitrogens with zero attached hydrogens (tertiary/aromatic N) is 3. The predicted octanol–water partition coefficient (Wildman–Crippen LogP) is 2.52. The van der Waals surface area contributed by atoms with Gasteiger partial charge in [0.15, 0.2) is 0 Å². The summed E-state index contributed by atoms with van der Waals surface area (Å²) in [4.78, 5) is 14.3. The van der Waals surface area contributed by atoms with Crippen LogP contribution in [-0.2, 0) is 4.74 Å². The Labute approximate surface area is 129 Å². The van der Waals surface area contributed by atoms with Crippen LogP contribution < -0.4 is 5.32 Å². The predicted molar refractivity (Wildman–Crippen MR) is 84.2 cm³/mol. The Balaban J connectivity index is 1.74. The number of carbonyl (C=O) groups excluding carboxylic acids is 1. The summed E-state index contributed by atoms with van der Waals surface area (Å²) in [7, 11) is 0. The van der Waals surface area contributed by atoms with Gasteiger partial charge in [-0.1, -0.05) is 19.1 Å². The largest absolute Gasteiger partial charge is 0.375 e. The van der Waals surface area contributed by atoms with Crippen LogP contribution in [0.15, 0.2) is 42.7 Å². The quantitative estimate of drug-likeness (QED) is 0.947. The zero-order valence-electron chi connectivity index (χ0n) is 12.6. The van der Waals surface area contributed by atoms with Gasteiger partial charge in [0, 0.05) is 25.5 Å². The number of rotatable bonds is 3. The van der Waals surface area contributed by atoms with Crippen LogP contribution in [0.1, 0.15) is 13.3 Å². The molecule has 0 spiro atoms. The average Bonchev–Trinajstić information content (AvgIpc) is 3.09. The van der Waals surface area contributed by atoms with E-state index in [2.05, 4.69) is 17.3 Å². The summed E-state index contributed by atoms with van der Waals surface area (Å²) >= 11 is 0. The summed E-state index contributed by atoms with van der Waals surface area (Å²) in [6.07, 6.45) is 4.60. The number of aromatic nitrogens is 2. The van der Waals surface area contributed by atoms with Gasteiger partial charge in [0.1, 0.15) is 0 Å². The summed E-state index contributed by atoms with van der Waals surface area (Å²) in [6.45, 7) is 3.91. The first-order valence-corrected chi connectivity index (χ1v) is 7.54. The van der Waals surface area contributed by atoms with Crippen molar-refractivity contribution in [2.24, 2.45) is 0 Å². The monoisotopic (exact) mass is 300 g/mol. The molecule has 6 heteroatoms. The second kappa shape index (κ2) is 6.62. The highest BCUT2D eigenvalue weighted by Gasteiger charge is 2.23. The number of benzene rings is 1. The van der Waals surface area contributed by atoms with Crippen LogP contribution in [0.5, 0.6) is 0 Å². The number of amides is 2. The van der Waals surface area contributed by atoms with Gasteiger partial charge in [-0.2, -0.15) is 5.10 Å². The highest BCUT2D eigenvalue weighted by atomic mass is 16.5. The number of anilines is 1. The Bertz CT molecular complexity index is 627. The minimum absolute atomic E-state index is 0.0960. The second-order valence-electron chi connectivity index (χ2n) is 5.24. The van der Waals surface area contributed by atoms with E-state index in [9.17, 15) is 4.79 Å². The smallest absolute Gasteiger partial charge is 0.322 e. The molecular formula is C16H20N4O2. The van der Waals surface area contributed by atoms with Crippen molar-refractivity contribution in [1.29, 1.82) is 0 Å². The van der Waals surface area contributed by atoms with E-state index in [0.717, 1.165) is 17.8 Å². The Kier molecular flexibility index (Phi) is 4.39. The lowest BCUT2D eigenvalue weighted by atomic mass is 10.2. The maximum absolute atomic E-state index is 12.5. The molecule has 1 atom stereocenters. The third-order valence-corrected chi connectivity index (χ3v) is 3.78. The van der Waals surface area contributed by atoms with Crippen molar-refractivity contribution in [3.63, 3.8) is 0 Å². The Morgan fingerprint density at radius 1 is 1.41 bits per heavy atom. The molecule has 116 valence electrons. The van der Waals surface area contributed by atoms with E-state index in [1.165, 1.54) is 0 Å². The lowest BCUT2D eigenvalue weighted by Crippen LogP contribution is -2.47. The highest BCUT2D eigenvalue weighted by molar-refractivity contribution is 5.91. The molecule has 1 aromatic heterocycles. The fourth-order valence-corrected chi connectivity index (χ4v) is 2.54. The van der Waals surface area contributed by atoms with Crippen molar-refractivity contribution in [1.82, 2.24) is 14.7 Å². The molecule has 2 heterocycles. The Hall–Kier alpha value is -2.34. The van der Waals surface area contributed by atoms with Crippen LogP contribution in [-0.4, -0.2) is 46.5 Å². The number of morpholine rings is 1. The van der Waals surface area contributed by atoms with Crippen LogP contribution in [0.4, 0.5) is 10.5 Å². The van der Waals surface area contributed by atoms with Gasteiger partial charge >= 0.3 is 6.03 Å². The first-order valence-electron chi connectivity index (χ1n) is 7.54. The van der Waals surface area contributed by atoms with Gasteiger partial charge in [0.2, 0.25) is 0 Å². The van der Waals surface area contributed by atoms with E-state index >= 15 is 0 Å². The standard InChI is InChI=1S/C16H20N4O2/c1-2-13-12-19(10-11-22-13)16(21)18-14-6-3-4-7-15(14)20-9-5-8-17-20/h3-9,13H,2,10-12H2,1H3,(H,18,21)/t13-/m1/s1. The molecule has 6 nitrogen and oxygen atoms in total. The SMILES string of the molecule is CC[C@@H]1CN(C(=O)Nc2ccccc2-n2cccn2)CCO1. The molecule has 1 aliphatic rings. The van der Waals surface area contributed by atoms with Gasteiger partial charge in [-0.05, 0) is 24.6 Å².